The number of sulfonamides is 1. The molecule has 4 N–H and O–H groups in total. The first kappa shape index (κ1) is 14.2. The highest BCUT2D eigenvalue weighted by Gasteiger charge is 2.22. The molecule has 2 amide bonds. The molecule has 0 unspecified atom stereocenters. The average Bonchev–Trinajstić information content (AvgIpc) is 2.48. The van der Waals surface area contributed by atoms with Crippen LogP contribution in [0, 0.1) is 0 Å². The minimum Gasteiger partial charge on any atom is -0.368 e. The van der Waals surface area contributed by atoms with Crippen molar-refractivity contribution < 1.29 is 13.2 Å². The maximum Gasteiger partial charge on any atom is 0.323 e. The number of carbonyl (C=O) groups excluding carboxylic acids is 1. The van der Waals surface area contributed by atoms with Gasteiger partial charge in [0.25, 0.3) is 10.0 Å². The molecular weight excluding hydrogens is 304 g/mol. The highest BCUT2D eigenvalue weighted by atomic mass is 32.2. The molecule has 0 radical (unpaired) electrons. The maximum atomic E-state index is 12.0. The van der Waals surface area contributed by atoms with Crippen LogP contribution < -0.4 is 20.7 Å². The predicted molar refractivity (Wildman–Crippen MR) is 86.6 cm³/mol. The van der Waals surface area contributed by atoms with Gasteiger partial charge in [0.05, 0.1) is 17.1 Å². The van der Waals surface area contributed by atoms with Crippen LogP contribution in [-0.2, 0) is 10.0 Å². The Morgan fingerprint density at radius 1 is 1.00 bits per heavy atom. The summed E-state index contributed by atoms with van der Waals surface area (Å²) < 4.78 is 25.7. The minimum atomic E-state index is -3.45. The van der Waals surface area contributed by atoms with E-state index in [0.29, 0.717) is 22.7 Å². The molecule has 0 saturated heterocycles. The third kappa shape index (κ3) is 3.12. The SMILES string of the molecule is O=C(Nc1ccccc1)Nc1cccc2c1NS(=O)(=O)CN2. The summed E-state index contributed by atoms with van der Waals surface area (Å²) in [6.07, 6.45) is 0. The lowest BCUT2D eigenvalue weighted by atomic mass is 10.2. The Bertz CT molecular complexity index is 806. The van der Waals surface area contributed by atoms with Crippen LogP contribution in [0.5, 0.6) is 0 Å². The van der Waals surface area contributed by atoms with Gasteiger partial charge in [0, 0.05) is 5.69 Å². The second-order valence-corrected chi connectivity index (χ2v) is 6.43. The summed E-state index contributed by atoms with van der Waals surface area (Å²) >= 11 is 0. The van der Waals surface area contributed by atoms with Crippen molar-refractivity contribution in [3.63, 3.8) is 0 Å². The number of para-hydroxylation sites is 2. The number of rotatable bonds is 2. The van der Waals surface area contributed by atoms with Gasteiger partial charge < -0.3 is 16.0 Å². The Labute approximate surface area is 127 Å². The summed E-state index contributed by atoms with van der Waals surface area (Å²) in [6.45, 7) is 0. The second kappa shape index (κ2) is 5.57. The third-order valence-electron chi connectivity index (χ3n) is 3.05. The summed E-state index contributed by atoms with van der Waals surface area (Å²) in [5.41, 5.74) is 1.97. The minimum absolute atomic E-state index is 0.195. The van der Waals surface area contributed by atoms with Gasteiger partial charge in [-0.1, -0.05) is 24.3 Å². The van der Waals surface area contributed by atoms with Crippen molar-refractivity contribution in [2.75, 3.05) is 26.5 Å². The summed E-state index contributed by atoms with van der Waals surface area (Å²) in [5.74, 6) is -0.195. The van der Waals surface area contributed by atoms with E-state index < -0.39 is 16.1 Å². The van der Waals surface area contributed by atoms with E-state index in [0.717, 1.165) is 0 Å². The van der Waals surface area contributed by atoms with Gasteiger partial charge in [-0.05, 0) is 24.3 Å². The maximum absolute atomic E-state index is 12.0. The van der Waals surface area contributed by atoms with Crippen molar-refractivity contribution in [3.05, 3.63) is 48.5 Å². The molecule has 0 aliphatic carbocycles. The summed E-state index contributed by atoms with van der Waals surface area (Å²) in [5, 5.41) is 8.10. The van der Waals surface area contributed by atoms with Gasteiger partial charge in [0.1, 0.15) is 5.88 Å². The number of hydrogen-bond acceptors (Lipinski definition) is 4. The Morgan fingerprint density at radius 2 is 1.77 bits per heavy atom. The number of carbonyl (C=O) groups is 1. The van der Waals surface area contributed by atoms with Crippen LogP contribution in [0.15, 0.2) is 48.5 Å². The Hall–Kier alpha value is -2.74. The van der Waals surface area contributed by atoms with E-state index >= 15 is 0 Å². The molecule has 0 bridgehead atoms. The molecule has 0 spiro atoms. The van der Waals surface area contributed by atoms with Gasteiger partial charge in [-0.2, -0.15) is 0 Å². The highest BCUT2D eigenvalue weighted by molar-refractivity contribution is 7.92. The van der Waals surface area contributed by atoms with Crippen molar-refractivity contribution >= 4 is 38.8 Å². The lowest BCUT2D eigenvalue weighted by Crippen LogP contribution is -2.29. The van der Waals surface area contributed by atoms with Gasteiger partial charge >= 0.3 is 6.03 Å². The predicted octanol–water partition coefficient (Wildman–Crippen LogP) is 2.46. The van der Waals surface area contributed by atoms with Crippen LogP contribution in [-0.4, -0.2) is 20.3 Å². The van der Waals surface area contributed by atoms with Gasteiger partial charge in [-0.3, -0.25) is 4.72 Å². The van der Waals surface area contributed by atoms with Gasteiger partial charge in [0.15, 0.2) is 0 Å². The molecule has 7 nitrogen and oxygen atoms in total. The van der Waals surface area contributed by atoms with E-state index in [4.69, 9.17) is 0 Å². The number of urea groups is 1. The first-order chi connectivity index (χ1) is 10.5. The molecule has 8 heteroatoms. The molecule has 0 aromatic heterocycles. The fourth-order valence-electron chi connectivity index (χ4n) is 2.08. The zero-order chi connectivity index (χ0) is 15.6. The van der Waals surface area contributed by atoms with E-state index in [1.54, 1.807) is 42.5 Å². The number of amides is 2. The van der Waals surface area contributed by atoms with Gasteiger partial charge in [-0.25, -0.2) is 13.2 Å². The molecule has 114 valence electrons. The molecule has 22 heavy (non-hydrogen) atoms. The van der Waals surface area contributed by atoms with Crippen molar-refractivity contribution in [3.8, 4) is 0 Å². The fourth-order valence-corrected chi connectivity index (χ4v) is 3.03. The summed E-state index contributed by atoms with van der Waals surface area (Å²) in [4.78, 5) is 12.0. The smallest absolute Gasteiger partial charge is 0.323 e. The monoisotopic (exact) mass is 318 g/mol. The molecule has 0 atom stereocenters. The van der Waals surface area contributed by atoms with E-state index in [-0.39, 0.29) is 5.88 Å². The van der Waals surface area contributed by atoms with Crippen LogP contribution in [0.4, 0.5) is 27.5 Å². The Morgan fingerprint density at radius 3 is 2.55 bits per heavy atom. The molecule has 0 fully saturated rings. The van der Waals surface area contributed by atoms with E-state index in [1.165, 1.54) is 0 Å². The number of anilines is 4. The molecule has 2 aromatic carbocycles. The topological polar surface area (TPSA) is 99.3 Å². The average molecular weight is 318 g/mol. The molecule has 1 heterocycles. The molecule has 0 saturated carbocycles. The quantitative estimate of drug-likeness (QED) is 0.683. The van der Waals surface area contributed by atoms with Crippen molar-refractivity contribution in [1.82, 2.24) is 0 Å². The van der Waals surface area contributed by atoms with E-state index in [2.05, 4.69) is 20.7 Å². The Kier molecular flexibility index (Phi) is 3.60. The lowest BCUT2D eigenvalue weighted by Gasteiger charge is -2.22. The van der Waals surface area contributed by atoms with E-state index in [1.807, 2.05) is 6.07 Å². The normalized spacial score (nSPS) is 14.9. The second-order valence-electron chi connectivity index (χ2n) is 4.71. The number of fused-ring (bicyclic) bond motifs is 1. The van der Waals surface area contributed by atoms with Crippen molar-refractivity contribution in [2.45, 2.75) is 0 Å². The first-order valence-corrected chi connectivity index (χ1v) is 8.19. The number of nitrogens with one attached hydrogen (secondary N) is 4. The first-order valence-electron chi connectivity index (χ1n) is 6.54. The molecular formula is C14H14N4O3S. The fraction of sp³-hybridized carbons (Fsp3) is 0.0714. The Balaban J connectivity index is 1.80. The zero-order valence-electron chi connectivity index (χ0n) is 11.5. The van der Waals surface area contributed by atoms with Crippen molar-refractivity contribution in [2.24, 2.45) is 0 Å². The number of benzene rings is 2. The van der Waals surface area contributed by atoms with Crippen LogP contribution in [0.25, 0.3) is 0 Å². The van der Waals surface area contributed by atoms with Gasteiger partial charge in [-0.15, -0.1) is 0 Å². The third-order valence-corrected chi connectivity index (χ3v) is 4.09. The largest absolute Gasteiger partial charge is 0.368 e. The lowest BCUT2D eigenvalue weighted by molar-refractivity contribution is 0.262. The van der Waals surface area contributed by atoms with Crippen LogP contribution in [0.2, 0.25) is 0 Å². The molecule has 1 aliphatic rings. The van der Waals surface area contributed by atoms with Crippen LogP contribution in [0.1, 0.15) is 0 Å². The van der Waals surface area contributed by atoms with Crippen molar-refractivity contribution in [1.29, 1.82) is 0 Å². The van der Waals surface area contributed by atoms with E-state index in [9.17, 15) is 13.2 Å². The summed E-state index contributed by atoms with van der Waals surface area (Å²) in [7, 11) is -3.45. The van der Waals surface area contributed by atoms with Gasteiger partial charge in [0.2, 0.25) is 0 Å². The zero-order valence-corrected chi connectivity index (χ0v) is 12.3. The van der Waals surface area contributed by atoms with Crippen LogP contribution in [0.3, 0.4) is 0 Å². The summed E-state index contributed by atoms with van der Waals surface area (Å²) in [6, 6.07) is 13.6. The number of hydrogen-bond donors (Lipinski definition) is 4. The molecule has 3 rings (SSSR count). The highest BCUT2D eigenvalue weighted by Crippen LogP contribution is 2.34. The van der Waals surface area contributed by atoms with Crippen LogP contribution >= 0.6 is 0 Å². The standard InChI is InChI=1S/C14H14N4O3S/c19-14(16-10-5-2-1-3-6-10)17-12-8-4-7-11-13(12)18-22(20,21)9-15-11/h1-8,15,18H,9H2,(H2,16,17,19). The molecule has 2 aromatic rings. The molecule has 1 aliphatic heterocycles.